The van der Waals surface area contributed by atoms with Gasteiger partial charge in [-0.15, -0.1) is 0 Å². The van der Waals surface area contributed by atoms with Crippen LogP contribution in [0, 0.1) is 5.41 Å². The molecule has 1 aliphatic rings. The predicted octanol–water partition coefficient (Wildman–Crippen LogP) is 1.90. The first-order valence-electron chi connectivity index (χ1n) is 9.48. The van der Waals surface area contributed by atoms with Crippen LogP contribution in [0.2, 0.25) is 0 Å². The Morgan fingerprint density at radius 2 is 2.00 bits per heavy atom. The molecule has 1 heterocycles. The van der Waals surface area contributed by atoms with E-state index in [1.807, 2.05) is 18.2 Å². The molecule has 2 rings (SSSR count). The van der Waals surface area contributed by atoms with Gasteiger partial charge in [-0.25, -0.2) is 0 Å². The lowest BCUT2D eigenvalue weighted by Gasteiger charge is -2.38. The fraction of sp³-hybridized carbons (Fsp3) is 0.700. The Morgan fingerprint density at radius 1 is 1.27 bits per heavy atom. The fourth-order valence-electron chi connectivity index (χ4n) is 3.02. The highest BCUT2D eigenvalue weighted by Crippen LogP contribution is 2.29. The molecule has 1 aromatic rings. The molecule has 0 aromatic heterocycles. The van der Waals surface area contributed by atoms with Crippen molar-refractivity contribution < 1.29 is 19.3 Å². The Hall–Kier alpha value is -1.34. The fourth-order valence-corrected chi connectivity index (χ4v) is 3.02. The molecule has 1 saturated heterocycles. The highest BCUT2D eigenvalue weighted by Gasteiger charge is 2.32. The summed E-state index contributed by atoms with van der Waals surface area (Å²) in [7, 11) is 1.64. The summed E-state index contributed by atoms with van der Waals surface area (Å²) < 4.78 is 16.5. The molecule has 0 saturated carbocycles. The van der Waals surface area contributed by atoms with E-state index in [2.05, 4.69) is 31.0 Å². The standard InChI is InChI=1S/C20H34N2O4/c1-5-22(6-2)11-17(23)12-26-18-8-7-16(9-19(18)24-4)10-21-13-20(3)14-25-15-20/h7-9,17,21,23H,5-6,10-15H2,1-4H3/t17-/m0/s1. The summed E-state index contributed by atoms with van der Waals surface area (Å²) in [5.41, 5.74) is 1.40. The van der Waals surface area contributed by atoms with Crippen molar-refractivity contribution in [3.63, 3.8) is 0 Å². The van der Waals surface area contributed by atoms with Crippen molar-refractivity contribution in [2.24, 2.45) is 5.41 Å². The van der Waals surface area contributed by atoms with Gasteiger partial charge in [-0.05, 0) is 30.8 Å². The van der Waals surface area contributed by atoms with Crippen molar-refractivity contribution in [2.45, 2.75) is 33.4 Å². The Kier molecular flexibility index (Phi) is 8.15. The third kappa shape index (κ3) is 6.13. The van der Waals surface area contributed by atoms with Gasteiger partial charge in [0.05, 0.1) is 20.3 Å². The van der Waals surface area contributed by atoms with Crippen LogP contribution >= 0.6 is 0 Å². The van der Waals surface area contributed by atoms with E-state index >= 15 is 0 Å². The van der Waals surface area contributed by atoms with E-state index in [0.717, 1.165) is 45.0 Å². The van der Waals surface area contributed by atoms with E-state index in [1.54, 1.807) is 7.11 Å². The molecule has 0 unspecified atom stereocenters. The summed E-state index contributed by atoms with van der Waals surface area (Å²) in [5, 5.41) is 13.6. The third-order valence-electron chi connectivity index (χ3n) is 4.80. The molecule has 26 heavy (non-hydrogen) atoms. The van der Waals surface area contributed by atoms with Crippen LogP contribution in [-0.4, -0.2) is 69.2 Å². The second-order valence-electron chi connectivity index (χ2n) is 7.34. The van der Waals surface area contributed by atoms with Crippen LogP contribution in [0.4, 0.5) is 0 Å². The number of nitrogens with zero attached hydrogens (tertiary/aromatic N) is 1. The van der Waals surface area contributed by atoms with Gasteiger partial charge < -0.3 is 29.5 Å². The number of rotatable bonds is 12. The van der Waals surface area contributed by atoms with Crippen LogP contribution in [0.15, 0.2) is 18.2 Å². The monoisotopic (exact) mass is 366 g/mol. The summed E-state index contributed by atoms with van der Waals surface area (Å²) in [6.07, 6.45) is -0.522. The molecule has 148 valence electrons. The van der Waals surface area contributed by atoms with Crippen LogP contribution in [0.25, 0.3) is 0 Å². The van der Waals surface area contributed by atoms with Gasteiger partial charge in [0, 0.05) is 25.0 Å². The van der Waals surface area contributed by atoms with Gasteiger partial charge in [0.25, 0.3) is 0 Å². The molecule has 0 bridgehead atoms. The van der Waals surface area contributed by atoms with Crippen LogP contribution < -0.4 is 14.8 Å². The Labute approximate surface area is 157 Å². The molecule has 2 N–H and O–H groups in total. The number of methoxy groups -OCH3 is 1. The van der Waals surface area contributed by atoms with E-state index in [-0.39, 0.29) is 12.0 Å². The predicted molar refractivity (Wildman–Crippen MR) is 103 cm³/mol. The zero-order valence-corrected chi connectivity index (χ0v) is 16.6. The van der Waals surface area contributed by atoms with Crippen LogP contribution in [0.5, 0.6) is 11.5 Å². The van der Waals surface area contributed by atoms with Crippen molar-refractivity contribution in [2.75, 3.05) is 53.1 Å². The zero-order chi connectivity index (χ0) is 19.0. The number of aliphatic hydroxyl groups excluding tert-OH is 1. The summed E-state index contributed by atoms with van der Waals surface area (Å²) >= 11 is 0. The van der Waals surface area contributed by atoms with E-state index in [1.165, 1.54) is 0 Å². The lowest BCUT2D eigenvalue weighted by Crippen LogP contribution is -2.47. The molecular weight excluding hydrogens is 332 g/mol. The van der Waals surface area contributed by atoms with Crippen LogP contribution in [0.1, 0.15) is 26.3 Å². The molecule has 1 atom stereocenters. The molecule has 0 amide bonds. The summed E-state index contributed by atoms with van der Waals surface area (Å²) in [5.74, 6) is 1.35. The van der Waals surface area contributed by atoms with Crippen molar-refractivity contribution in [3.8, 4) is 11.5 Å². The number of ether oxygens (including phenoxy) is 3. The summed E-state index contributed by atoms with van der Waals surface area (Å²) in [6.45, 7) is 12.5. The number of aliphatic hydroxyl groups is 1. The Balaban J connectivity index is 1.83. The largest absolute Gasteiger partial charge is 0.493 e. The molecular formula is C20H34N2O4. The van der Waals surface area contributed by atoms with E-state index in [0.29, 0.717) is 18.0 Å². The van der Waals surface area contributed by atoms with E-state index in [9.17, 15) is 5.11 Å². The van der Waals surface area contributed by atoms with E-state index in [4.69, 9.17) is 14.2 Å². The lowest BCUT2D eigenvalue weighted by atomic mass is 9.89. The number of hydrogen-bond acceptors (Lipinski definition) is 6. The number of nitrogens with one attached hydrogen (secondary N) is 1. The quantitative estimate of drug-likeness (QED) is 0.589. The number of benzene rings is 1. The van der Waals surface area contributed by atoms with Crippen LogP contribution in [-0.2, 0) is 11.3 Å². The molecule has 0 aliphatic carbocycles. The second-order valence-corrected chi connectivity index (χ2v) is 7.34. The topological polar surface area (TPSA) is 63.2 Å². The zero-order valence-electron chi connectivity index (χ0n) is 16.6. The first-order valence-corrected chi connectivity index (χ1v) is 9.48. The van der Waals surface area contributed by atoms with Crippen molar-refractivity contribution in [1.29, 1.82) is 0 Å². The first-order chi connectivity index (χ1) is 12.5. The molecule has 0 spiro atoms. The first kappa shape index (κ1) is 21.0. The minimum atomic E-state index is -0.522. The maximum atomic E-state index is 10.2. The highest BCUT2D eigenvalue weighted by atomic mass is 16.5. The van der Waals surface area contributed by atoms with Crippen molar-refractivity contribution >= 4 is 0 Å². The van der Waals surface area contributed by atoms with Gasteiger partial charge in [-0.2, -0.15) is 0 Å². The van der Waals surface area contributed by atoms with Crippen molar-refractivity contribution in [1.82, 2.24) is 10.2 Å². The third-order valence-corrected chi connectivity index (χ3v) is 4.80. The smallest absolute Gasteiger partial charge is 0.161 e. The highest BCUT2D eigenvalue weighted by molar-refractivity contribution is 5.43. The van der Waals surface area contributed by atoms with Crippen molar-refractivity contribution in [3.05, 3.63) is 23.8 Å². The second kappa shape index (κ2) is 10.1. The Bertz CT molecular complexity index is 545. The molecule has 0 radical (unpaired) electrons. The minimum Gasteiger partial charge on any atom is -0.493 e. The average Bonchev–Trinajstić information content (AvgIpc) is 2.63. The summed E-state index contributed by atoms with van der Waals surface area (Å²) in [4.78, 5) is 2.17. The van der Waals surface area contributed by atoms with Gasteiger partial charge in [0.15, 0.2) is 11.5 Å². The van der Waals surface area contributed by atoms with Crippen LogP contribution in [0.3, 0.4) is 0 Å². The molecule has 1 fully saturated rings. The van der Waals surface area contributed by atoms with Gasteiger partial charge in [0.1, 0.15) is 12.7 Å². The average molecular weight is 367 g/mol. The Morgan fingerprint density at radius 3 is 2.58 bits per heavy atom. The maximum Gasteiger partial charge on any atom is 0.161 e. The lowest BCUT2D eigenvalue weighted by molar-refractivity contribution is -0.0991. The van der Waals surface area contributed by atoms with Gasteiger partial charge in [-0.3, -0.25) is 0 Å². The molecule has 6 nitrogen and oxygen atoms in total. The van der Waals surface area contributed by atoms with Gasteiger partial charge in [-0.1, -0.05) is 26.8 Å². The molecule has 1 aliphatic heterocycles. The maximum absolute atomic E-state index is 10.2. The normalized spacial score (nSPS) is 17.0. The summed E-state index contributed by atoms with van der Waals surface area (Å²) in [6, 6.07) is 5.92. The molecule has 1 aromatic carbocycles. The SMILES string of the molecule is CCN(CC)C[C@H](O)COc1ccc(CNCC2(C)COC2)cc1OC. The molecule has 6 heteroatoms. The van der Waals surface area contributed by atoms with E-state index < -0.39 is 6.10 Å². The van der Waals surface area contributed by atoms with Gasteiger partial charge in [0.2, 0.25) is 0 Å². The van der Waals surface area contributed by atoms with Gasteiger partial charge >= 0.3 is 0 Å². The number of hydrogen-bond donors (Lipinski definition) is 2. The minimum absolute atomic E-state index is 0.253. The number of likely N-dealkylation sites (N-methyl/N-ethyl adjacent to an activating group) is 1.